The van der Waals surface area contributed by atoms with Crippen molar-refractivity contribution in [2.45, 2.75) is 25.9 Å². The molecule has 2 aromatic rings. The van der Waals surface area contributed by atoms with Crippen LogP contribution in [0.15, 0.2) is 42.6 Å². The summed E-state index contributed by atoms with van der Waals surface area (Å²) < 4.78 is 11.4. The monoisotopic (exact) mass is 284 g/mol. The van der Waals surface area contributed by atoms with Crippen LogP contribution in [0.1, 0.15) is 25.3 Å². The van der Waals surface area contributed by atoms with Crippen molar-refractivity contribution >= 4 is 5.69 Å². The Kier molecular flexibility index (Phi) is 3.95. The Morgan fingerprint density at radius 1 is 1.29 bits per heavy atom. The van der Waals surface area contributed by atoms with Crippen molar-refractivity contribution in [2.75, 3.05) is 18.5 Å². The lowest BCUT2D eigenvalue weighted by Crippen LogP contribution is -2.16. The number of aromatic nitrogens is 1. The highest BCUT2D eigenvalue weighted by Gasteiger charge is 2.23. The lowest BCUT2D eigenvalue weighted by molar-refractivity contribution is 0.234. The molecule has 1 atom stereocenters. The fourth-order valence-electron chi connectivity index (χ4n) is 2.47. The summed E-state index contributed by atoms with van der Waals surface area (Å²) in [6.45, 7) is 5.52. The van der Waals surface area contributed by atoms with Gasteiger partial charge in [0.2, 0.25) is 5.88 Å². The Balaban J connectivity index is 1.69. The molecule has 1 aromatic heterocycles. The number of ether oxygens (including phenoxy) is 2. The number of benzene rings is 1. The first-order valence-electron chi connectivity index (χ1n) is 7.31. The largest absolute Gasteiger partial charge is 0.493 e. The van der Waals surface area contributed by atoms with E-state index in [-0.39, 0.29) is 6.10 Å². The highest BCUT2D eigenvalue weighted by Crippen LogP contribution is 2.34. The molecule has 0 aliphatic carbocycles. The maximum atomic E-state index is 5.73. The predicted molar refractivity (Wildman–Crippen MR) is 83.2 cm³/mol. The quantitative estimate of drug-likeness (QED) is 0.913. The first kappa shape index (κ1) is 13.7. The number of fused-ring (bicyclic) bond motifs is 1. The summed E-state index contributed by atoms with van der Waals surface area (Å²) in [6.07, 6.45) is 1.85. The number of para-hydroxylation sites is 1. The maximum Gasteiger partial charge on any atom is 0.237 e. The Morgan fingerprint density at radius 3 is 3.00 bits per heavy atom. The van der Waals surface area contributed by atoms with Crippen LogP contribution in [0.25, 0.3) is 0 Å². The topological polar surface area (TPSA) is 43.4 Å². The van der Waals surface area contributed by atoms with Gasteiger partial charge >= 0.3 is 0 Å². The molecule has 0 amide bonds. The molecule has 0 spiro atoms. The van der Waals surface area contributed by atoms with Crippen LogP contribution in [0, 0.1) is 0 Å². The van der Waals surface area contributed by atoms with Gasteiger partial charge in [-0.2, -0.15) is 0 Å². The minimum absolute atomic E-state index is 0.107. The second kappa shape index (κ2) is 6.04. The number of hydrogen-bond acceptors (Lipinski definition) is 4. The van der Waals surface area contributed by atoms with Crippen LogP contribution in [0.2, 0.25) is 0 Å². The number of rotatable bonds is 5. The first-order chi connectivity index (χ1) is 10.2. The van der Waals surface area contributed by atoms with Crippen LogP contribution < -0.4 is 14.8 Å². The lowest BCUT2D eigenvalue weighted by Gasteiger charge is -2.16. The smallest absolute Gasteiger partial charge is 0.237 e. The van der Waals surface area contributed by atoms with Crippen molar-refractivity contribution < 1.29 is 9.47 Å². The molecule has 0 bridgehead atoms. The van der Waals surface area contributed by atoms with Gasteiger partial charge in [0.25, 0.3) is 0 Å². The van der Waals surface area contributed by atoms with Gasteiger partial charge in [-0.15, -0.1) is 0 Å². The highest BCUT2D eigenvalue weighted by molar-refractivity contribution is 5.53. The van der Waals surface area contributed by atoms with Crippen LogP contribution in [0.4, 0.5) is 5.69 Å². The zero-order valence-electron chi connectivity index (χ0n) is 12.4. The molecule has 0 saturated heterocycles. The fourth-order valence-corrected chi connectivity index (χ4v) is 2.47. The van der Waals surface area contributed by atoms with Gasteiger partial charge in [-0.1, -0.05) is 18.2 Å². The second-order valence-electron chi connectivity index (χ2n) is 5.45. The molecule has 0 radical (unpaired) electrons. The molecule has 1 aromatic carbocycles. The molecule has 1 unspecified atom stereocenters. The van der Waals surface area contributed by atoms with Gasteiger partial charge in [-0.05, 0) is 32.0 Å². The minimum atomic E-state index is 0.107. The molecule has 2 heterocycles. The van der Waals surface area contributed by atoms with E-state index in [4.69, 9.17) is 9.47 Å². The zero-order valence-corrected chi connectivity index (χ0v) is 12.4. The molecule has 0 fully saturated rings. The van der Waals surface area contributed by atoms with E-state index in [9.17, 15) is 0 Å². The summed E-state index contributed by atoms with van der Waals surface area (Å²) in [5.74, 6) is 2.00. The molecule has 4 nitrogen and oxygen atoms in total. The molecule has 21 heavy (non-hydrogen) atoms. The average Bonchev–Trinajstić information content (AvgIpc) is 2.89. The number of anilines is 1. The summed E-state index contributed by atoms with van der Waals surface area (Å²) in [6, 6.07) is 12.1. The van der Waals surface area contributed by atoms with E-state index < -0.39 is 0 Å². The van der Waals surface area contributed by atoms with Gasteiger partial charge in [0, 0.05) is 24.2 Å². The van der Waals surface area contributed by atoms with Crippen molar-refractivity contribution in [1.29, 1.82) is 0 Å². The summed E-state index contributed by atoms with van der Waals surface area (Å²) in [5.41, 5.74) is 2.19. The first-order valence-corrected chi connectivity index (χ1v) is 7.31. The Bertz CT molecular complexity index is 613. The molecule has 1 aliphatic rings. The highest BCUT2D eigenvalue weighted by atomic mass is 16.5. The van der Waals surface area contributed by atoms with Gasteiger partial charge in [0.1, 0.15) is 5.75 Å². The number of nitrogens with one attached hydrogen (secondary N) is 1. The Morgan fingerprint density at radius 2 is 2.14 bits per heavy atom. The van der Waals surface area contributed by atoms with Crippen molar-refractivity contribution in [1.82, 2.24) is 4.98 Å². The predicted octanol–water partition coefficient (Wildman–Crippen LogP) is 3.46. The van der Waals surface area contributed by atoms with Gasteiger partial charge in [0.15, 0.2) is 0 Å². The van der Waals surface area contributed by atoms with E-state index in [1.54, 1.807) is 6.20 Å². The van der Waals surface area contributed by atoms with E-state index in [1.165, 1.54) is 5.56 Å². The van der Waals surface area contributed by atoms with Crippen LogP contribution in [-0.4, -0.2) is 24.2 Å². The number of hydrogen-bond donors (Lipinski definition) is 1. The van der Waals surface area contributed by atoms with Gasteiger partial charge in [-0.3, -0.25) is 0 Å². The number of pyridine rings is 1. The number of nitrogens with zero attached hydrogens (tertiary/aromatic N) is 1. The van der Waals surface area contributed by atoms with Crippen molar-refractivity contribution in [3.8, 4) is 11.6 Å². The molecule has 4 heteroatoms. The maximum absolute atomic E-state index is 5.73. The lowest BCUT2D eigenvalue weighted by atomic mass is 10.0. The van der Waals surface area contributed by atoms with E-state index in [0.717, 1.165) is 18.0 Å². The third-order valence-corrected chi connectivity index (χ3v) is 3.46. The van der Waals surface area contributed by atoms with Crippen LogP contribution in [-0.2, 0) is 0 Å². The van der Waals surface area contributed by atoms with Crippen LogP contribution in [0.3, 0.4) is 0 Å². The molecule has 1 N–H and O–H groups in total. The normalized spacial score (nSPS) is 16.4. The summed E-state index contributed by atoms with van der Waals surface area (Å²) in [7, 11) is 0. The SMILES string of the molecule is CC(C)Oc1ncccc1NCC1COc2ccccc21. The molecule has 3 rings (SSSR count). The van der Waals surface area contributed by atoms with E-state index in [0.29, 0.717) is 18.4 Å². The fraction of sp³-hybridized carbons (Fsp3) is 0.353. The van der Waals surface area contributed by atoms with Gasteiger partial charge in [0.05, 0.1) is 18.4 Å². The van der Waals surface area contributed by atoms with Crippen LogP contribution >= 0.6 is 0 Å². The Labute approximate surface area is 125 Å². The molecule has 0 saturated carbocycles. The third kappa shape index (κ3) is 3.10. The standard InChI is InChI=1S/C17H20N2O2/c1-12(2)21-17-15(7-5-9-18-17)19-10-13-11-20-16-8-4-3-6-14(13)16/h3-9,12-13,19H,10-11H2,1-2H3. The molecule has 110 valence electrons. The van der Waals surface area contributed by atoms with E-state index in [1.807, 2.05) is 38.1 Å². The molecular formula is C17H20N2O2. The van der Waals surface area contributed by atoms with Crippen LogP contribution in [0.5, 0.6) is 11.6 Å². The zero-order chi connectivity index (χ0) is 14.7. The van der Waals surface area contributed by atoms with Crippen molar-refractivity contribution in [2.24, 2.45) is 0 Å². The Hall–Kier alpha value is -2.23. The molecule has 1 aliphatic heterocycles. The van der Waals surface area contributed by atoms with E-state index >= 15 is 0 Å². The summed E-state index contributed by atoms with van der Waals surface area (Å²) in [4.78, 5) is 4.29. The second-order valence-corrected chi connectivity index (χ2v) is 5.45. The van der Waals surface area contributed by atoms with E-state index in [2.05, 4.69) is 22.4 Å². The third-order valence-electron chi connectivity index (χ3n) is 3.46. The molecular weight excluding hydrogens is 264 g/mol. The van der Waals surface area contributed by atoms with Crippen molar-refractivity contribution in [3.63, 3.8) is 0 Å². The minimum Gasteiger partial charge on any atom is -0.493 e. The van der Waals surface area contributed by atoms with Crippen molar-refractivity contribution in [3.05, 3.63) is 48.2 Å². The van der Waals surface area contributed by atoms with Gasteiger partial charge in [-0.25, -0.2) is 4.98 Å². The average molecular weight is 284 g/mol. The summed E-state index contributed by atoms with van der Waals surface area (Å²) >= 11 is 0. The van der Waals surface area contributed by atoms with Gasteiger partial charge < -0.3 is 14.8 Å². The summed E-state index contributed by atoms with van der Waals surface area (Å²) in [5, 5.41) is 3.43.